The molecule has 0 amide bonds. The normalized spacial score (nSPS) is 12.7. The summed E-state index contributed by atoms with van der Waals surface area (Å²) in [6, 6.07) is 6.09. The molecule has 0 aliphatic heterocycles. The SMILES string of the molecule is Cc1cc(CC(C)(C)CN)c2cc(OC(F)(F)F)ccc2n1. The quantitative estimate of drug-likeness (QED) is 0.929. The topological polar surface area (TPSA) is 48.1 Å². The van der Waals surface area contributed by atoms with Crippen molar-refractivity contribution in [3.05, 3.63) is 35.5 Å². The highest BCUT2D eigenvalue weighted by atomic mass is 19.4. The zero-order valence-electron chi connectivity index (χ0n) is 12.8. The first-order valence-corrected chi connectivity index (χ1v) is 6.96. The van der Waals surface area contributed by atoms with Gasteiger partial charge in [-0.1, -0.05) is 13.8 Å². The number of hydrogen-bond donors (Lipinski definition) is 1. The highest BCUT2D eigenvalue weighted by Gasteiger charge is 2.31. The standard InChI is InChI=1S/C16H19F3N2O/c1-10-6-11(8-15(2,3)9-20)13-7-12(22-16(17,18)19)4-5-14(13)21-10/h4-7H,8-9,20H2,1-3H3. The molecule has 1 heterocycles. The Morgan fingerprint density at radius 2 is 1.86 bits per heavy atom. The average Bonchev–Trinajstić information content (AvgIpc) is 2.37. The first kappa shape index (κ1) is 16.5. The van der Waals surface area contributed by atoms with Crippen LogP contribution < -0.4 is 10.5 Å². The van der Waals surface area contributed by atoms with Crippen LogP contribution in [0, 0.1) is 12.3 Å². The first-order valence-electron chi connectivity index (χ1n) is 6.96. The van der Waals surface area contributed by atoms with Crippen LogP contribution in [0.1, 0.15) is 25.1 Å². The number of pyridine rings is 1. The maximum Gasteiger partial charge on any atom is 0.573 e. The molecule has 6 heteroatoms. The summed E-state index contributed by atoms with van der Waals surface area (Å²) in [4.78, 5) is 4.36. The van der Waals surface area contributed by atoms with Gasteiger partial charge in [-0.2, -0.15) is 0 Å². The molecule has 0 saturated carbocycles. The van der Waals surface area contributed by atoms with Crippen LogP contribution >= 0.6 is 0 Å². The molecule has 0 fully saturated rings. The fourth-order valence-corrected chi connectivity index (χ4v) is 2.35. The van der Waals surface area contributed by atoms with Crippen LogP contribution in [0.5, 0.6) is 5.75 Å². The summed E-state index contributed by atoms with van der Waals surface area (Å²) in [7, 11) is 0. The van der Waals surface area contributed by atoms with Crippen molar-refractivity contribution in [2.24, 2.45) is 11.1 Å². The molecular formula is C16H19F3N2O. The molecule has 3 nitrogen and oxygen atoms in total. The minimum Gasteiger partial charge on any atom is -0.406 e. The fourth-order valence-electron chi connectivity index (χ4n) is 2.35. The molecular weight excluding hydrogens is 293 g/mol. The Morgan fingerprint density at radius 3 is 2.45 bits per heavy atom. The van der Waals surface area contributed by atoms with Crippen molar-refractivity contribution >= 4 is 10.9 Å². The lowest BCUT2D eigenvalue weighted by Gasteiger charge is -2.23. The van der Waals surface area contributed by atoms with Crippen molar-refractivity contribution in [1.82, 2.24) is 4.98 Å². The van der Waals surface area contributed by atoms with Gasteiger partial charge in [0.15, 0.2) is 0 Å². The number of rotatable bonds is 4. The number of aryl methyl sites for hydroxylation is 1. The number of hydrogen-bond acceptors (Lipinski definition) is 3. The number of aromatic nitrogens is 1. The van der Waals surface area contributed by atoms with E-state index in [-0.39, 0.29) is 11.2 Å². The zero-order valence-corrected chi connectivity index (χ0v) is 12.8. The predicted octanol–water partition coefficient (Wildman–Crippen LogP) is 3.97. The first-order chi connectivity index (χ1) is 10.1. The average molecular weight is 312 g/mol. The van der Waals surface area contributed by atoms with Gasteiger partial charge in [-0.05, 0) is 55.1 Å². The van der Waals surface area contributed by atoms with Crippen molar-refractivity contribution < 1.29 is 17.9 Å². The van der Waals surface area contributed by atoms with Crippen LogP contribution in [0.3, 0.4) is 0 Å². The Morgan fingerprint density at radius 1 is 1.18 bits per heavy atom. The van der Waals surface area contributed by atoms with Gasteiger partial charge in [-0.3, -0.25) is 4.98 Å². The summed E-state index contributed by atoms with van der Waals surface area (Å²) in [6.07, 6.45) is -4.05. The van der Waals surface area contributed by atoms with E-state index in [2.05, 4.69) is 9.72 Å². The van der Waals surface area contributed by atoms with E-state index in [1.807, 2.05) is 26.8 Å². The lowest BCUT2D eigenvalue weighted by molar-refractivity contribution is -0.274. The molecule has 2 rings (SSSR count). The number of halogens is 3. The Hall–Kier alpha value is -1.82. The molecule has 0 radical (unpaired) electrons. The summed E-state index contributed by atoms with van der Waals surface area (Å²) in [5, 5.41) is 0.661. The Bertz CT molecular complexity index is 681. The van der Waals surface area contributed by atoms with E-state index in [0.717, 1.165) is 11.3 Å². The van der Waals surface area contributed by atoms with Crippen LogP contribution in [0.25, 0.3) is 10.9 Å². The number of alkyl halides is 3. The second-order valence-electron chi connectivity index (χ2n) is 6.19. The van der Waals surface area contributed by atoms with Crippen molar-refractivity contribution in [2.75, 3.05) is 6.54 Å². The lowest BCUT2D eigenvalue weighted by atomic mass is 9.84. The van der Waals surface area contributed by atoms with Gasteiger partial charge >= 0.3 is 6.36 Å². The zero-order chi connectivity index (χ0) is 16.5. The van der Waals surface area contributed by atoms with Gasteiger partial charge in [-0.15, -0.1) is 13.2 Å². The third-order valence-electron chi connectivity index (χ3n) is 3.45. The molecule has 1 aromatic carbocycles. The van der Waals surface area contributed by atoms with Crippen molar-refractivity contribution in [3.63, 3.8) is 0 Å². The van der Waals surface area contributed by atoms with Crippen molar-refractivity contribution in [3.8, 4) is 5.75 Å². The van der Waals surface area contributed by atoms with Gasteiger partial charge in [-0.25, -0.2) is 0 Å². The van der Waals surface area contributed by atoms with E-state index >= 15 is 0 Å². The Balaban J connectivity index is 2.51. The van der Waals surface area contributed by atoms with Crippen LogP contribution in [0.2, 0.25) is 0 Å². The second-order valence-corrected chi connectivity index (χ2v) is 6.19. The van der Waals surface area contributed by atoms with Gasteiger partial charge in [0, 0.05) is 11.1 Å². The summed E-state index contributed by atoms with van der Waals surface area (Å²) >= 11 is 0. The number of nitrogens with zero attached hydrogens (tertiary/aromatic N) is 1. The molecule has 2 N–H and O–H groups in total. The van der Waals surface area contributed by atoms with E-state index in [1.165, 1.54) is 12.1 Å². The summed E-state index contributed by atoms with van der Waals surface area (Å²) in [6.45, 7) is 6.38. The maximum atomic E-state index is 12.4. The van der Waals surface area contributed by atoms with E-state index in [1.54, 1.807) is 6.07 Å². The van der Waals surface area contributed by atoms with Crippen LogP contribution in [-0.4, -0.2) is 17.9 Å². The molecule has 22 heavy (non-hydrogen) atoms. The van der Waals surface area contributed by atoms with Crippen LogP contribution in [0.15, 0.2) is 24.3 Å². The molecule has 1 aromatic heterocycles. The molecule has 0 bridgehead atoms. The maximum absolute atomic E-state index is 12.4. The van der Waals surface area contributed by atoms with Gasteiger partial charge in [0.1, 0.15) is 5.75 Å². The molecule has 0 saturated heterocycles. The van der Waals surface area contributed by atoms with E-state index in [0.29, 0.717) is 23.9 Å². The number of nitrogens with two attached hydrogens (primary N) is 1. The third-order valence-corrected chi connectivity index (χ3v) is 3.45. The molecule has 0 spiro atoms. The molecule has 0 unspecified atom stereocenters. The molecule has 0 aliphatic rings. The number of ether oxygens (including phenoxy) is 1. The molecule has 2 aromatic rings. The third kappa shape index (κ3) is 4.10. The van der Waals surface area contributed by atoms with Gasteiger partial charge in [0.05, 0.1) is 5.52 Å². The fraction of sp³-hybridized carbons (Fsp3) is 0.438. The van der Waals surface area contributed by atoms with Crippen LogP contribution in [-0.2, 0) is 6.42 Å². The minimum absolute atomic E-state index is 0.151. The Labute approximate surface area is 127 Å². The smallest absolute Gasteiger partial charge is 0.406 e. The van der Waals surface area contributed by atoms with E-state index in [9.17, 15) is 13.2 Å². The van der Waals surface area contributed by atoms with Gasteiger partial charge < -0.3 is 10.5 Å². The minimum atomic E-state index is -4.71. The largest absolute Gasteiger partial charge is 0.573 e. The number of fused-ring (bicyclic) bond motifs is 1. The number of benzene rings is 1. The summed E-state index contributed by atoms with van der Waals surface area (Å²) < 4.78 is 41.1. The summed E-state index contributed by atoms with van der Waals surface area (Å²) in [5.74, 6) is -0.238. The highest BCUT2D eigenvalue weighted by Crippen LogP contribution is 2.31. The molecule has 120 valence electrons. The molecule has 0 aliphatic carbocycles. The monoisotopic (exact) mass is 312 g/mol. The van der Waals surface area contributed by atoms with E-state index < -0.39 is 6.36 Å². The van der Waals surface area contributed by atoms with Crippen molar-refractivity contribution in [2.45, 2.75) is 33.6 Å². The molecule has 0 atom stereocenters. The van der Waals surface area contributed by atoms with Crippen LogP contribution in [0.4, 0.5) is 13.2 Å². The predicted molar refractivity (Wildman–Crippen MR) is 79.7 cm³/mol. The van der Waals surface area contributed by atoms with Crippen molar-refractivity contribution in [1.29, 1.82) is 0 Å². The summed E-state index contributed by atoms with van der Waals surface area (Å²) in [5.41, 5.74) is 8.00. The Kier molecular flexibility index (Phi) is 4.33. The second kappa shape index (κ2) is 5.76. The highest BCUT2D eigenvalue weighted by molar-refractivity contribution is 5.84. The van der Waals surface area contributed by atoms with E-state index in [4.69, 9.17) is 5.73 Å². The van der Waals surface area contributed by atoms with Gasteiger partial charge in [0.2, 0.25) is 0 Å². The lowest BCUT2D eigenvalue weighted by Crippen LogP contribution is -2.26. The van der Waals surface area contributed by atoms with Gasteiger partial charge in [0.25, 0.3) is 0 Å².